The normalized spacial score (nSPS) is 11.5. The highest BCUT2D eigenvalue weighted by Crippen LogP contribution is 2.27. The van der Waals surface area contributed by atoms with Crippen LogP contribution in [0.2, 0.25) is 5.02 Å². The first kappa shape index (κ1) is 20.7. The summed E-state index contributed by atoms with van der Waals surface area (Å²) >= 11 is 6.21. The molecule has 4 rings (SSSR count). The fraction of sp³-hybridized carbons (Fsp3) is 0.0952. The molecule has 2 heterocycles. The Hall–Kier alpha value is -3.59. The number of ether oxygens (including phenoxy) is 1. The van der Waals surface area contributed by atoms with Crippen molar-refractivity contribution < 1.29 is 17.9 Å². The van der Waals surface area contributed by atoms with Gasteiger partial charge in [-0.1, -0.05) is 23.7 Å². The van der Waals surface area contributed by atoms with Gasteiger partial charge in [0.15, 0.2) is 5.69 Å². The Labute approximate surface area is 179 Å². The van der Waals surface area contributed by atoms with E-state index in [0.29, 0.717) is 16.4 Å². The van der Waals surface area contributed by atoms with Gasteiger partial charge < -0.3 is 4.74 Å². The minimum Gasteiger partial charge on any atom is -0.406 e. The maximum Gasteiger partial charge on any atom is 0.573 e. The second-order valence-corrected chi connectivity index (χ2v) is 6.94. The minimum absolute atomic E-state index is 0.0709. The molecule has 0 atom stereocenters. The van der Waals surface area contributed by atoms with Crippen LogP contribution in [0.5, 0.6) is 5.75 Å². The van der Waals surface area contributed by atoms with Gasteiger partial charge in [0.25, 0.3) is 0 Å². The van der Waals surface area contributed by atoms with E-state index in [0.717, 1.165) is 5.56 Å². The Bertz CT molecular complexity index is 1310. The fourth-order valence-corrected chi connectivity index (χ4v) is 3.22. The molecule has 0 radical (unpaired) electrons. The van der Waals surface area contributed by atoms with Crippen molar-refractivity contribution in [3.8, 4) is 28.5 Å². The van der Waals surface area contributed by atoms with Crippen molar-refractivity contribution in [3.05, 3.63) is 87.8 Å². The molecule has 0 aliphatic heterocycles. The molecular weight excluding hydrogens is 433 g/mol. The van der Waals surface area contributed by atoms with Crippen molar-refractivity contribution in [2.75, 3.05) is 0 Å². The van der Waals surface area contributed by atoms with E-state index in [1.807, 2.05) is 6.92 Å². The number of halogens is 4. The third-order valence-corrected chi connectivity index (χ3v) is 4.89. The maximum atomic E-state index is 12.6. The number of hydrogen-bond acceptors (Lipinski definition) is 4. The third-order valence-electron chi connectivity index (χ3n) is 4.48. The van der Waals surface area contributed by atoms with Crippen molar-refractivity contribution in [1.29, 1.82) is 0 Å². The van der Waals surface area contributed by atoms with Crippen molar-refractivity contribution >= 4 is 11.6 Å². The van der Waals surface area contributed by atoms with Crippen LogP contribution in [0, 0.1) is 6.92 Å². The summed E-state index contributed by atoms with van der Waals surface area (Å²) in [5.41, 5.74) is 1.83. The van der Waals surface area contributed by atoms with Crippen LogP contribution in [0.4, 0.5) is 13.2 Å². The van der Waals surface area contributed by atoms with Gasteiger partial charge in [-0.25, -0.2) is 9.36 Å². The standard InChI is InChI=1S/C21H14ClF3N4O2/c1-13-16(22)6-3-7-17(13)29-18(8-10-26-29)20-19(30)9-11-28(27-20)14-4-2-5-15(12-14)31-21(23,24)25/h2-12H,1H3. The Morgan fingerprint density at radius 1 is 1.06 bits per heavy atom. The van der Waals surface area contributed by atoms with Gasteiger partial charge in [0.2, 0.25) is 5.43 Å². The molecule has 0 saturated heterocycles. The van der Waals surface area contributed by atoms with Crippen LogP contribution < -0.4 is 10.2 Å². The summed E-state index contributed by atoms with van der Waals surface area (Å²) < 4.78 is 44.4. The van der Waals surface area contributed by atoms with Crippen LogP contribution in [0.1, 0.15) is 5.56 Å². The van der Waals surface area contributed by atoms with Gasteiger partial charge in [-0.15, -0.1) is 13.2 Å². The molecule has 0 spiro atoms. The maximum absolute atomic E-state index is 12.6. The van der Waals surface area contributed by atoms with E-state index < -0.39 is 12.1 Å². The lowest BCUT2D eigenvalue weighted by molar-refractivity contribution is -0.274. The molecule has 10 heteroatoms. The zero-order valence-corrected chi connectivity index (χ0v) is 16.7. The molecule has 2 aromatic heterocycles. The van der Waals surface area contributed by atoms with Gasteiger partial charge in [-0.3, -0.25) is 4.79 Å². The third kappa shape index (κ3) is 4.31. The molecule has 0 N–H and O–H groups in total. The van der Waals surface area contributed by atoms with Crippen LogP contribution in [0.15, 0.2) is 71.8 Å². The molecular formula is C21H14ClF3N4O2. The first-order valence-electron chi connectivity index (χ1n) is 8.99. The van der Waals surface area contributed by atoms with Crippen molar-refractivity contribution in [2.45, 2.75) is 13.3 Å². The molecule has 0 aliphatic rings. The van der Waals surface area contributed by atoms with E-state index in [-0.39, 0.29) is 16.8 Å². The Kier molecular flexibility index (Phi) is 5.28. The number of rotatable bonds is 4. The molecule has 6 nitrogen and oxygen atoms in total. The Morgan fingerprint density at radius 3 is 2.61 bits per heavy atom. The lowest BCUT2D eigenvalue weighted by Crippen LogP contribution is -2.17. The first-order valence-corrected chi connectivity index (χ1v) is 9.37. The van der Waals surface area contributed by atoms with Crippen molar-refractivity contribution in [2.24, 2.45) is 0 Å². The van der Waals surface area contributed by atoms with Gasteiger partial charge in [-0.2, -0.15) is 10.2 Å². The van der Waals surface area contributed by atoms with Crippen LogP contribution in [0.25, 0.3) is 22.8 Å². The number of alkyl halides is 3. The van der Waals surface area contributed by atoms with E-state index in [9.17, 15) is 18.0 Å². The predicted molar refractivity (Wildman–Crippen MR) is 109 cm³/mol. The summed E-state index contributed by atoms with van der Waals surface area (Å²) in [5.74, 6) is -0.397. The number of aromatic nitrogens is 4. The zero-order valence-electron chi connectivity index (χ0n) is 16.0. The van der Waals surface area contributed by atoms with Gasteiger partial charge in [0, 0.05) is 23.4 Å². The van der Waals surface area contributed by atoms with Gasteiger partial charge in [-0.05, 0) is 42.8 Å². The smallest absolute Gasteiger partial charge is 0.406 e. The quantitative estimate of drug-likeness (QED) is 0.445. The van der Waals surface area contributed by atoms with Gasteiger partial charge >= 0.3 is 6.36 Å². The molecule has 0 saturated carbocycles. The van der Waals surface area contributed by atoms with E-state index in [2.05, 4.69) is 14.9 Å². The Balaban J connectivity index is 1.80. The predicted octanol–water partition coefficient (Wildman–Crippen LogP) is 4.95. The second kappa shape index (κ2) is 7.92. The summed E-state index contributed by atoms with van der Waals surface area (Å²) in [6.07, 6.45) is -1.93. The van der Waals surface area contributed by atoms with Crippen LogP contribution >= 0.6 is 11.6 Å². The summed E-state index contributed by atoms with van der Waals surface area (Å²) in [4.78, 5) is 12.6. The molecule has 0 amide bonds. The second-order valence-electron chi connectivity index (χ2n) is 6.53. The van der Waals surface area contributed by atoms with E-state index in [1.54, 1.807) is 35.0 Å². The molecule has 0 aliphatic carbocycles. The number of nitrogens with zero attached hydrogens (tertiary/aromatic N) is 4. The highest BCUT2D eigenvalue weighted by molar-refractivity contribution is 6.31. The van der Waals surface area contributed by atoms with Crippen LogP contribution in [-0.4, -0.2) is 25.9 Å². The number of benzene rings is 2. The average molecular weight is 447 g/mol. The summed E-state index contributed by atoms with van der Waals surface area (Å²) in [6, 6.07) is 13.5. The van der Waals surface area contributed by atoms with E-state index >= 15 is 0 Å². The van der Waals surface area contributed by atoms with Crippen LogP contribution in [-0.2, 0) is 0 Å². The monoisotopic (exact) mass is 446 g/mol. The minimum atomic E-state index is -4.82. The van der Waals surface area contributed by atoms with Gasteiger partial charge in [0.05, 0.1) is 23.3 Å². The van der Waals surface area contributed by atoms with E-state index in [1.165, 1.54) is 41.3 Å². The average Bonchev–Trinajstić information content (AvgIpc) is 3.18. The summed E-state index contributed by atoms with van der Waals surface area (Å²) in [6.45, 7) is 1.83. The zero-order chi connectivity index (χ0) is 22.2. The largest absolute Gasteiger partial charge is 0.573 e. The highest BCUT2D eigenvalue weighted by Gasteiger charge is 2.31. The number of hydrogen-bond donors (Lipinski definition) is 0. The first-order chi connectivity index (χ1) is 14.7. The summed E-state index contributed by atoms with van der Waals surface area (Å²) in [7, 11) is 0. The summed E-state index contributed by atoms with van der Waals surface area (Å²) in [5, 5.41) is 9.16. The molecule has 31 heavy (non-hydrogen) atoms. The fourth-order valence-electron chi connectivity index (χ4n) is 3.05. The Morgan fingerprint density at radius 2 is 1.84 bits per heavy atom. The molecule has 2 aromatic carbocycles. The molecule has 0 fully saturated rings. The highest BCUT2D eigenvalue weighted by atomic mass is 35.5. The molecule has 0 bridgehead atoms. The van der Waals surface area contributed by atoms with Crippen LogP contribution in [0.3, 0.4) is 0 Å². The molecule has 0 unspecified atom stereocenters. The molecule has 4 aromatic rings. The van der Waals surface area contributed by atoms with Crippen molar-refractivity contribution in [3.63, 3.8) is 0 Å². The lowest BCUT2D eigenvalue weighted by Gasteiger charge is -2.13. The van der Waals surface area contributed by atoms with E-state index in [4.69, 9.17) is 11.6 Å². The van der Waals surface area contributed by atoms with Crippen molar-refractivity contribution in [1.82, 2.24) is 19.6 Å². The lowest BCUT2D eigenvalue weighted by atomic mass is 10.2. The SMILES string of the molecule is Cc1c(Cl)cccc1-n1nccc1-c1nn(-c2cccc(OC(F)(F)F)c2)ccc1=O. The topological polar surface area (TPSA) is 61.9 Å². The molecule has 158 valence electrons. The van der Waals surface area contributed by atoms with Gasteiger partial charge in [0.1, 0.15) is 5.75 Å².